The third-order valence-electron chi connectivity index (χ3n) is 4.24. The molecule has 1 aromatic carbocycles. The van der Waals surface area contributed by atoms with Gasteiger partial charge in [0.2, 0.25) is 11.7 Å². The smallest absolute Gasteiger partial charge is 0.238 e. The van der Waals surface area contributed by atoms with Gasteiger partial charge in [-0.15, -0.1) is 0 Å². The second-order valence-corrected chi connectivity index (χ2v) is 6.39. The van der Waals surface area contributed by atoms with Crippen LogP contribution in [-0.2, 0) is 11.3 Å². The first kappa shape index (κ1) is 18.9. The topological polar surface area (TPSA) is 62.5 Å². The summed E-state index contributed by atoms with van der Waals surface area (Å²) in [7, 11) is 0. The molecular weight excluding hydrogens is 352 g/mol. The van der Waals surface area contributed by atoms with Crippen LogP contribution in [0.15, 0.2) is 30.5 Å². The normalized spacial score (nSPS) is 11.3. The molecule has 1 amide bonds. The number of carbonyl (C=O) groups is 1. The zero-order valence-electron chi connectivity index (χ0n) is 15.5. The van der Waals surface area contributed by atoms with Crippen LogP contribution in [-0.4, -0.2) is 38.3 Å². The molecule has 0 fully saturated rings. The Kier molecular flexibility index (Phi) is 5.46. The molecule has 0 spiro atoms. The van der Waals surface area contributed by atoms with E-state index < -0.39 is 23.2 Å². The van der Waals surface area contributed by atoms with Crippen LogP contribution in [0.2, 0.25) is 0 Å². The van der Waals surface area contributed by atoms with Gasteiger partial charge in [-0.3, -0.25) is 14.1 Å². The number of fused-ring (bicyclic) bond motifs is 1. The van der Waals surface area contributed by atoms with Crippen molar-refractivity contribution in [2.75, 3.05) is 18.4 Å². The molecular formula is C19H21F2N5O. The number of benzene rings is 1. The molecule has 0 atom stereocenters. The number of halogens is 2. The first-order valence-corrected chi connectivity index (χ1v) is 8.65. The second-order valence-electron chi connectivity index (χ2n) is 6.39. The lowest BCUT2D eigenvalue weighted by atomic mass is 10.3. The molecule has 0 bridgehead atoms. The van der Waals surface area contributed by atoms with Crippen LogP contribution < -0.4 is 5.32 Å². The number of aromatic nitrogens is 3. The molecule has 0 aliphatic carbocycles. The molecule has 0 saturated carbocycles. The molecule has 2 heterocycles. The van der Waals surface area contributed by atoms with E-state index in [0.29, 0.717) is 18.9 Å². The Bertz CT molecular complexity index is 965. The fourth-order valence-corrected chi connectivity index (χ4v) is 2.90. The summed E-state index contributed by atoms with van der Waals surface area (Å²) < 4.78 is 29.2. The number of rotatable bonds is 6. The van der Waals surface area contributed by atoms with Gasteiger partial charge in [0.1, 0.15) is 17.3 Å². The van der Waals surface area contributed by atoms with Crippen molar-refractivity contribution in [3.8, 4) is 0 Å². The van der Waals surface area contributed by atoms with Gasteiger partial charge in [-0.25, -0.2) is 18.7 Å². The summed E-state index contributed by atoms with van der Waals surface area (Å²) >= 11 is 0. The first-order valence-electron chi connectivity index (χ1n) is 8.65. The van der Waals surface area contributed by atoms with Gasteiger partial charge in [0.25, 0.3) is 0 Å². The predicted molar refractivity (Wildman–Crippen MR) is 98.4 cm³/mol. The summed E-state index contributed by atoms with van der Waals surface area (Å²) in [6.45, 7) is 6.77. The highest BCUT2D eigenvalue weighted by molar-refractivity contribution is 5.92. The van der Waals surface area contributed by atoms with Crippen molar-refractivity contribution in [1.82, 2.24) is 19.3 Å². The number of imidazole rings is 1. The standard InChI is InChI=1S/C19H21F2N5O/c1-4-25(11-17(27)24-18-15(20)6-5-7-16(18)21)9-14-10-26-13(3)8-12(2)22-19(26)23-14/h5-8,10H,4,9,11H2,1-3H3,(H,24,27). The number of para-hydroxylation sites is 1. The number of hydrogen-bond donors (Lipinski definition) is 1. The van der Waals surface area contributed by atoms with Gasteiger partial charge in [0, 0.05) is 24.1 Å². The Morgan fingerprint density at radius 3 is 2.59 bits per heavy atom. The van der Waals surface area contributed by atoms with Gasteiger partial charge < -0.3 is 5.32 Å². The predicted octanol–water partition coefficient (Wildman–Crippen LogP) is 3.08. The van der Waals surface area contributed by atoms with Crippen LogP contribution in [0.4, 0.5) is 14.5 Å². The van der Waals surface area contributed by atoms with Crippen LogP contribution in [0.3, 0.4) is 0 Å². The maximum Gasteiger partial charge on any atom is 0.238 e. The number of carbonyl (C=O) groups excluding carboxylic acids is 1. The van der Waals surface area contributed by atoms with E-state index in [2.05, 4.69) is 15.3 Å². The minimum absolute atomic E-state index is 0.0103. The Morgan fingerprint density at radius 2 is 1.93 bits per heavy atom. The third kappa shape index (κ3) is 4.28. The van der Waals surface area contributed by atoms with Gasteiger partial charge in [0.05, 0.1) is 12.2 Å². The maximum absolute atomic E-state index is 13.7. The lowest BCUT2D eigenvalue weighted by Crippen LogP contribution is -2.33. The fourth-order valence-electron chi connectivity index (χ4n) is 2.90. The van der Waals surface area contributed by atoms with E-state index in [-0.39, 0.29) is 6.54 Å². The second kappa shape index (κ2) is 7.79. The summed E-state index contributed by atoms with van der Waals surface area (Å²) in [6, 6.07) is 5.42. The largest absolute Gasteiger partial charge is 0.320 e. The van der Waals surface area contributed by atoms with E-state index in [1.807, 2.05) is 42.3 Å². The van der Waals surface area contributed by atoms with Crippen LogP contribution >= 0.6 is 0 Å². The minimum Gasteiger partial charge on any atom is -0.320 e. The van der Waals surface area contributed by atoms with Crippen molar-refractivity contribution in [3.63, 3.8) is 0 Å². The molecule has 142 valence electrons. The van der Waals surface area contributed by atoms with E-state index in [9.17, 15) is 13.6 Å². The van der Waals surface area contributed by atoms with Crippen molar-refractivity contribution in [3.05, 3.63) is 59.2 Å². The van der Waals surface area contributed by atoms with E-state index in [1.54, 1.807) is 0 Å². The average Bonchev–Trinajstić information content (AvgIpc) is 3.00. The van der Waals surface area contributed by atoms with Gasteiger partial charge in [-0.2, -0.15) is 0 Å². The van der Waals surface area contributed by atoms with Crippen molar-refractivity contribution in [2.45, 2.75) is 27.3 Å². The molecule has 0 radical (unpaired) electrons. The summed E-state index contributed by atoms with van der Waals surface area (Å²) in [5.41, 5.74) is 2.24. The van der Waals surface area contributed by atoms with Crippen molar-refractivity contribution >= 4 is 17.4 Å². The van der Waals surface area contributed by atoms with E-state index in [0.717, 1.165) is 29.2 Å². The van der Waals surface area contributed by atoms with E-state index >= 15 is 0 Å². The number of nitrogens with one attached hydrogen (secondary N) is 1. The summed E-state index contributed by atoms with van der Waals surface area (Å²) in [5, 5.41) is 2.30. The van der Waals surface area contributed by atoms with Crippen LogP contribution in [0.5, 0.6) is 0 Å². The number of anilines is 1. The van der Waals surface area contributed by atoms with Crippen LogP contribution in [0.25, 0.3) is 5.78 Å². The molecule has 3 rings (SSSR count). The number of amides is 1. The third-order valence-corrected chi connectivity index (χ3v) is 4.24. The van der Waals surface area contributed by atoms with Gasteiger partial charge >= 0.3 is 0 Å². The molecule has 0 saturated heterocycles. The van der Waals surface area contributed by atoms with Crippen molar-refractivity contribution in [1.29, 1.82) is 0 Å². The summed E-state index contributed by atoms with van der Waals surface area (Å²) in [6.07, 6.45) is 1.88. The summed E-state index contributed by atoms with van der Waals surface area (Å²) in [4.78, 5) is 23.0. The van der Waals surface area contributed by atoms with Gasteiger partial charge in [0.15, 0.2) is 0 Å². The molecule has 27 heavy (non-hydrogen) atoms. The first-order chi connectivity index (χ1) is 12.9. The van der Waals surface area contributed by atoms with E-state index in [4.69, 9.17) is 0 Å². The molecule has 8 heteroatoms. The number of likely N-dealkylation sites (N-methyl/N-ethyl adjacent to an activating group) is 1. The van der Waals surface area contributed by atoms with Crippen molar-refractivity contribution < 1.29 is 13.6 Å². The van der Waals surface area contributed by atoms with Gasteiger partial charge in [-0.05, 0) is 38.6 Å². The summed E-state index contributed by atoms with van der Waals surface area (Å²) in [5.74, 6) is -1.49. The number of hydrogen-bond acceptors (Lipinski definition) is 4. The highest BCUT2D eigenvalue weighted by Gasteiger charge is 2.16. The Morgan fingerprint density at radius 1 is 1.22 bits per heavy atom. The zero-order chi connectivity index (χ0) is 19.6. The van der Waals surface area contributed by atoms with Crippen molar-refractivity contribution in [2.24, 2.45) is 0 Å². The molecule has 6 nitrogen and oxygen atoms in total. The lowest BCUT2D eigenvalue weighted by molar-refractivity contribution is -0.117. The molecule has 2 aromatic heterocycles. The monoisotopic (exact) mass is 373 g/mol. The molecule has 1 N–H and O–H groups in total. The van der Waals surface area contributed by atoms with Crippen LogP contribution in [0, 0.1) is 25.5 Å². The minimum atomic E-state index is -0.802. The molecule has 3 aromatic rings. The Labute approximate surface area is 155 Å². The van der Waals surface area contributed by atoms with Gasteiger partial charge in [-0.1, -0.05) is 13.0 Å². The van der Waals surface area contributed by atoms with Crippen LogP contribution in [0.1, 0.15) is 24.0 Å². The highest BCUT2D eigenvalue weighted by atomic mass is 19.1. The Balaban J connectivity index is 1.70. The molecule has 0 unspecified atom stereocenters. The number of nitrogens with zero attached hydrogens (tertiary/aromatic N) is 4. The molecule has 0 aliphatic rings. The molecule has 0 aliphatic heterocycles. The zero-order valence-corrected chi connectivity index (χ0v) is 15.5. The highest BCUT2D eigenvalue weighted by Crippen LogP contribution is 2.18. The Hall–Kier alpha value is -2.87. The number of aryl methyl sites for hydroxylation is 2. The van der Waals surface area contributed by atoms with E-state index in [1.165, 1.54) is 6.07 Å². The lowest BCUT2D eigenvalue weighted by Gasteiger charge is -2.18. The SMILES string of the molecule is CCN(CC(=O)Nc1c(F)cccc1F)Cc1cn2c(C)cc(C)nc2n1. The maximum atomic E-state index is 13.7. The average molecular weight is 373 g/mol. The quantitative estimate of drug-likeness (QED) is 0.721. The fraction of sp³-hybridized carbons (Fsp3) is 0.316.